The molecule has 5 heteroatoms. The van der Waals surface area contributed by atoms with Gasteiger partial charge in [-0.25, -0.2) is 0 Å². The van der Waals surface area contributed by atoms with Crippen molar-refractivity contribution in [2.45, 2.75) is 33.6 Å². The van der Waals surface area contributed by atoms with Crippen molar-refractivity contribution in [3.8, 4) is 0 Å². The molecule has 2 rings (SSSR count). The van der Waals surface area contributed by atoms with E-state index in [0.29, 0.717) is 5.69 Å². The van der Waals surface area contributed by atoms with Gasteiger partial charge >= 0.3 is 0 Å². The van der Waals surface area contributed by atoms with Crippen molar-refractivity contribution in [1.82, 2.24) is 5.32 Å². The highest BCUT2D eigenvalue weighted by atomic mass is 16.2. The average Bonchev–Trinajstić information content (AvgIpc) is 2.51. The summed E-state index contributed by atoms with van der Waals surface area (Å²) in [6, 6.07) is 5.59. The summed E-state index contributed by atoms with van der Waals surface area (Å²) < 4.78 is 0. The number of hydrogen-bond donors (Lipinski definition) is 3. The summed E-state index contributed by atoms with van der Waals surface area (Å²) in [5.41, 5.74) is 2.46. The third-order valence-corrected chi connectivity index (χ3v) is 3.96. The summed E-state index contributed by atoms with van der Waals surface area (Å²) in [6.07, 6.45) is 1.95. The second kappa shape index (κ2) is 7.40. The zero-order chi connectivity index (χ0) is 16.1. The molecule has 1 aliphatic rings. The molecule has 3 N–H and O–H groups in total. The van der Waals surface area contributed by atoms with Crippen molar-refractivity contribution in [3.05, 3.63) is 23.8 Å². The largest absolute Gasteiger partial charge is 0.326 e. The van der Waals surface area contributed by atoms with E-state index in [1.807, 2.05) is 39.0 Å². The Morgan fingerprint density at radius 3 is 2.68 bits per heavy atom. The highest BCUT2D eigenvalue weighted by molar-refractivity contribution is 5.96. The van der Waals surface area contributed by atoms with E-state index in [0.717, 1.165) is 37.2 Å². The minimum Gasteiger partial charge on any atom is -0.326 e. The maximum absolute atomic E-state index is 12.3. The average molecular weight is 303 g/mol. The fourth-order valence-electron chi connectivity index (χ4n) is 2.43. The van der Waals surface area contributed by atoms with E-state index in [-0.39, 0.29) is 23.7 Å². The maximum Gasteiger partial charge on any atom is 0.228 e. The molecule has 1 aromatic rings. The molecule has 1 atom stereocenters. The van der Waals surface area contributed by atoms with Gasteiger partial charge in [-0.15, -0.1) is 0 Å². The maximum atomic E-state index is 12.3. The van der Waals surface area contributed by atoms with Crippen molar-refractivity contribution in [2.75, 3.05) is 23.7 Å². The van der Waals surface area contributed by atoms with Crippen molar-refractivity contribution in [2.24, 2.45) is 11.8 Å². The van der Waals surface area contributed by atoms with Crippen molar-refractivity contribution >= 4 is 23.2 Å². The van der Waals surface area contributed by atoms with Crippen LogP contribution in [0.1, 0.15) is 32.3 Å². The molecule has 0 radical (unpaired) electrons. The summed E-state index contributed by atoms with van der Waals surface area (Å²) in [7, 11) is 0. The van der Waals surface area contributed by atoms with E-state index in [1.165, 1.54) is 0 Å². The van der Waals surface area contributed by atoms with Gasteiger partial charge in [0.1, 0.15) is 0 Å². The molecule has 0 bridgehead atoms. The SMILES string of the molecule is Cc1ccc(NC(=O)C(C)C)cc1NC(=O)C1CCCNC1. The van der Waals surface area contributed by atoms with Gasteiger partial charge in [-0.1, -0.05) is 19.9 Å². The normalized spacial score (nSPS) is 18.1. The molecule has 22 heavy (non-hydrogen) atoms. The Hall–Kier alpha value is -1.88. The molecule has 1 heterocycles. The fraction of sp³-hybridized carbons (Fsp3) is 0.529. The van der Waals surface area contributed by atoms with E-state index in [4.69, 9.17) is 0 Å². The summed E-state index contributed by atoms with van der Waals surface area (Å²) >= 11 is 0. The first-order valence-corrected chi connectivity index (χ1v) is 7.90. The molecule has 1 fully saturated rings. The molecule has 1 saturated heterocycles. The Kier molecular flexibility index (Phi) is 5.55. The molecule has 2 amide bonds. The Labute approximate surface area is 131 Å². The highest BCUT2D eigenvalue weighted by Crippen LogP contribution is 2.22. The van der Waals surface area contributed by atoms with E-state index >= 15 is 0 Å². The van der Waals surface area contributed by atoms with Crippen LogP contribution in [-0.4, -0.2) is 24.9 Å². The predicted octanol–water partition coefficient (Wildman–Crippen LogP) is 2.53. The lowest BCUT2D eigenvalue weighted by Crippen LogP contribution is -2.37. The molecular formula is C17H25N3O2. The number of rotatable bonds is 4. The van der Waals surface area contributed by atoms with Gasteiger partial charge < -0.3 is 16.0 Å². The number of hydrogen-bond acceptors (Lipinski definition) is 3. The smallest absolute Gasteiger partial charge is 0.228 e. The van der Waals surface area contributed by atoms with E-state index in [2.05, 4.69) is 16.0 Å². The topological polar surface area (TPSA) is 70.2 Å². The van der Waals surface area contributed by atoms with Gasteiger partial charge in [-0.2, -0.15) is 0 Å². The number of benzene rings is 1. The van der Waals surface area contributed by atoms with E-state index in [1.54, 1.807) is 0 Å². The number of piperidine rings is 1. The second-order valence-electron chi connectivity index (χ2n) is 6.21. The van der Waals surface area contributed by atoms with Crippen LogP contribution in [0, 0.1) is 18.8 Å². The molecular weight excluding hydrogens is 278 g/mol. The standard InChI is InChI=1S/C17H25N3O2/c1-11(2)16(21)19-14-7-6-12(3)15(9-14)20-17(22)13-5-4-8-18-10-13/h6-7,9,11,13,18H,4-5,8,10H2,1-3H3,(H,19,21)(H,20,22). The molecule has 0 saturated carbocycles. The van der Waals surface area contributed by atoms with Gasteiger partial charge in [0.15, 0.2) is 0 Å². The van der Waals surface area contributed by atoms with E-state index in [9.17, 15) is 9.59 Å². The summed E-state index contributed by atoms with van der Waals surface area (Å²) in [5, 5.41) is 9.10. The Morgan fingerprint density at radius 1 is 1.27 bits per heavy atom. The van der Waals surface area contributed by atoms with Gasteiger partial charge in [-0.3, -0.25) is 9.59 Å². The van der Waals surface area contributed by atoms with Crippen LogP contribution in [0.3, 0.4) is 0 Å². The van der Waals surface area contributed by atoms with Crippen LogP contribution < -0.4 is 16.0 Å². The van der Waals surface area contributed by atoms with Crippen LogP contribution in [0.5, 0.6) is 0 Å². The Morgan fingerprint density at radius 2 is 2.05 bits per heavy atom. The van der Waals surface area contributed by atoms with Crippen molar-refractivity contribution < 1.29 is 9.59 Å². The molecule has 0 aliphatic carbocycles. The van der Waals surface area contributed by atoms with Gasteiger partial charge in [0.05, 0.1) is 5.92 Å². The molecule has 1 unspecified atom stereocenters. The van der Waals surface area contributed by atoms with Crippen LogP contribution in [-0.2, 0) is 9.59 Å². The molecule has 1 aromatic carbocycles. The molecule has 120 valence electrons. The summed E-state index contributed by atoms with van der Waals surface area (Å²) in [6.45, 7) is 7.36. The van der Waals surface area contributed by atoms with Gasteiger partial charge in [0.25, 0.3) is 0 Å². The molecule has 1 aliphatic heterocycles. The lowest BCUT2D eigenvalue weighted by atomic mass is 9.98. The number of carbonyl (C=O) groups excluding carboxylic acids is 2. The quantitative estimate of drug-likeness (QED) is 0.800. The first kappa shape index (κ1) is 16.5. The lowest BCUT2D eigenvalue weighted by Gasteiger charge is -2.22. The Balaban J connectivity index is 2.06. The summed E-state index contributed by atoms with van der Waals surface area (Å²) in [4.78, 5) is 24.1. The number of amides is 2. The summed E-state index contributed by atoms with van der Waals surface area (Å²) in [5.74, 6) is -0.0463. The van der Waals surface area contributed by atoms with Crippen LogP contribution in [0.25, 0.3) is 0 Å². The zero-order valence-corrected chi connectivity index (χ0v) is 13.5. The van der Waals surface area contributed by atoms with Crippen LogP contribution in [0.4, 0.5) is 11.4 Å². The van der Waals surface area contributed by atoms with Crippen LogP contribution in [0.15, 0.2) is 18.2 Å². The monoisotopic (exact) mass is 303 g/mol. The number of nitrogens with one attached hydrogen (secondary N) is 3. The van der Waals surface area contributed by atoms with Crippen molar-refractivity contribution in [3.63, 3.8) is 0 Å². The predicted molar refractivity (Wildman–Crippen MR) is 88.9 cm³/mol. The van der Waals surface area contributed by atoms with Crippen LogP contribution >= 0.6 is 0 Å². The molecule has 0 spiro atoms. The lowest BCUT2D eigenvalue weighted by molar-refractivity contribution is -0.120. The third kappa shape index (κ3) is 4.31. The molecule has 5 nitrogen and oxygen atoms in total. The third-order valence-electron chi connectivity index (χ3n) is 3.96. The number of aryl methyl sites for hydroxylation is 1. The highest BCUT2D eigenvalue weighted by Gasteiger charge is 2.21. The van der Waals surface area contributed by atoms with Crippen molar-refractivity contribution in [1.29, 1.82) is 0 Å². The van der Waals surface area contributed by atoms with Crippen LogP contribution in [0.2, 0.25) is 0 Å². The van der Waals surface area contributed by atoms with Gasteiger partial charge in [0, 0.05) is 23.8 Å². The minimum absolute atomic E-state index is 0.0158. The Bertz CT molecular complexity index is 549. The fourth-order valence-corrected chi connectivity index (χ4v) is 2.43. The number of carbonyl (C=O) groups is 2. The minimum atomic E-state index is -0.0762. The van der Waals surface area contributed by atoms with E-state index < -0.39 is 0 Å². The zero-order valence-electron chi connectivity index (χ0n) is 13.5. The number of anilines is 2. The second-order valence-corrected chi connectivity index (χ2v) is 6.21. The first-order chi connectivity index (χ1) is 10.5. The first-order valence-electron chi connectivity index (χ1n) is 7.90. The van der Waals surface area contributed by atoms with Gasteiger partial charge in [-0.05, 0) is 44.0 Å². The molecule has 0 aromatic heterocycles. The van der Waals surface area contributed by atoms with Gasteiger partial charge in [0.2, 0.25) is 11.8 Å².